The van der Waals surface area contributed by atoms with Crippen molar-refractivity contribution in [1.29, 1.82) is 0 Å². The summed E-state index contributed by atoms with van der Waals surface area (Å²) in [7, 11) is -3.22. The first-order valence-corrected chi connectivity index (χ1v) is 9.50. The van der Waals surface area contributed by atoms with Crippen molar-refractivity contribution in [3.8, 4) is 0 Å². The van der Waals surface area contributed by atoms with Crippen molar-refractivity contribution in [3.05, 3.63) is 29.8 Å². The molecule has 3 atom stereocenters. The monoisotopic (exact) mass is 322 g/mol. The van der Waals surface area contributed by atoms with Crippen LogP contribution in [0.25, 0.3) is 0 Å². The summed E-state index contributed by atoms with van der Waals surface area (Å²) in [5.74, 6) is 0.324. The first kappa shape index (κ1) is 15.5. The van der Waals surface area contributed by atoms with Crippen molar-refractivity contribution in [1.82, 2.24) is 5.32 Å². The zero-order valence-corrected chi connectivity index (χ0v) is 13.3. The summed E-state index contributed by atoms with van der Waals surface area (Å²) in [4.78, 5) is 12.9. The lowest BCUT2D eigenvalue weighted by Crippen LogP contribution is -2.39. The van der Waals surface area contributed by atoms with E-state index in [4.69, 9.17) is 5.73 Å². The molecule has 0 radical (unpaired) electrons. The maximum atomic E-state index is 12.5. The Morgan fingerprint density at radius 3 is 2.77 bits per heavy atom. The Bertz CT molecular complexity index is 672. The van der Waals surface area contributed by atoms with Crippen LogP contribution in [0, 0.1) is 11.8 Å². The number of carbonyl (C=O) groups excluding carboxylic acids is 1. The van der Waals surface area contributed by atoms with Crippen LogP contribution >= 0.6 is 0 Å². The highest BCUT2D eigenvalue weighted by atomic mass is 32.2. The van der Waals surface area contributed by atoms with Gasteiger partial charge in [-0.2, -0.15) is 0 Å². The number of hydrogen-bond donors (Lipinski definition) is 2. The molecule has 3 rings (SSSR count). The fourth-order valence-electron chi connectivity index (χ4n) is 3.68. The highest BCUT2D eigenvalue weighted by Crippen LogP contribution is 2.35. The average molecular weight is 322 g/mol. The third kappa shape index (κ3) is 2.77. The van der Waals surface area contributed by atoms with Crippen molar-refractivity contribution in [2.24, 2.45) is 17.6 Å². The van der Waals surface area contributed by atoms with Gasteiger partial charge in [-0.1, -0.05) is 24.6 Å². The fourth-order valence-corrected chi connectivity index (χ4v) is 5.30. The lowest BCUT2D eigenvalue weighted by atomic mass is 9.94. The molecule has 1 aliphatic heterocycles. The molecule has 1 heterocycles. The van der Waals surface area contributed by atoms with Gasteiger partial charge in [-0.05, 0) is 43.4 Å². The van der Waals surface area contributed by atoms with E-state index in [-0.39, 0.29) is 29.5 Å². The van der Waals surface area contributed by atoms with Crippen LogP contribution in [0.3, 0.4) is 0 Å². The van der Waals surface area contributed by atoms with E-state index in [0.29, 0.717) is 23.4 Å². The van der Waals surface area contributed by atoms with Gasteiger partial charge in [0.2, 0.25) is 5.91 Å². The van der Waals surface area contributed by atoms with Gasteiger partial charge in [0, 0.05) is 5.92 Å². The average Bonchev–Trinajstić information content (AvgIpc) is 2.99. The van der Waals surface area contributed by atoms with Gasteiger partial charge in [0.1, 0.15) is 0 Å². The third-order valence-electron chi connectivity index (χ3n) is 4.92. The van der Waals surface area contributed by atoms with Crippen LogP contribution in [0.15, 0.2) is 29.2 Å². The number of hydrogen-bond acceptors (Lipinski definition) is 4. The van der Waals surface area contributed by atoms with Gasteiger partial charge in [0.05, 0.1) is 16.7 Å². The summed E-state index contributed by atoms with van der Waals surface area (Å²) in [6, 6.07) is 6.75. The van der Waals surface area contributed by atoms with E-state index >= 15 is 0 Å². The Balaban J connectivity index is 1.80. The zero-order valence-electron chi connectivity index (χ0n) is 12.5. The van der Waals surface area contributed by atoms with Crippen LogP contribution in [-0.4, -0.2) is 26.6 Å². The number of nitrogens with two attached hydrogens (primary N) is 1. The Hall–Kier alpha value is -1.40. The molecule has 1 saturated carbocycles. The normalized spacial score (nSPS) is 29.8. The highest BCUT2D eigenvalue weighted by molar-refractivity contribution is 7.91. The molecule has 0 aromatic heterocycles. The molecule has 1 aromatic carbocycles. The molecule has 0 saturated heterocycles. The van der Waals surface area contributed by atoms with Gasteiger partial charge in [-0.15, -0.1) is 0 Å². The molecule has 22 heavy (non-hydrogen) atoms. The quantitative estimate of drug-likeness (QED) is 0.880. The van der Waals surface area contributed by atoms with E-state index in [0.717, 1.165) is 19.3 Å². The molecule has 1 amide bonds. The van der Waals surface area contributed by atoms with E-state index in [1.54, 1.807) is 18.2 Å². The van der Waals surface area contributed by atoms with Gasteiger partial charge in [0.25, 0.3) is 0 Å². The zero-order chi connectivity index (χ0) is 15.7. The first-order chi connectivity index (χ1) is 10.5. The summed E-state index contributed by atoms with van der Waals surface area (Å²) in [6.45, 7) is 0.535. The van der Waals surface area contributed by atoms with E-state index in [9.17, 15) is 13.2 Å². The molecule has 120 valence electrons. The van der Waals surface area contributed by atoms with Crippen molar-refractivity contribution < 1.29 is 13.2 Å². The maximum absolute atomic E-state index is 12.5. The molecule has 0 spiro atoms. The minimum atomic E-state index is -3.22. The van der Waals surface area contributed by atoms with Crippen molar-refractivity contribution in [3.63, 3.8) is 0 Å². The summed E-state index contributed by atoms with van der Waals surface area (Å²) in [5, 5.41) is 3.06. The Kier molecular flexibility index (Phi) is 4.23. The van der Waals surface area contributed by atoms with E-state index in [1.165, 1.54) is 0 Å². The fraction of sp³-hybridized carbons (Fsp3) is 0.562. The molecule has 5 nitrogen and oxygen atoms in total. The lowest BCUT2D eigenvalue weighted by molar-refractivity contribution is -0.126. The predicted molar refractivity (Wildman–Crippen MR) is 83.9 cm³/mol. The summed E-state index contributed by atoms with van der Waals surface area (Å²) >= 11 is 0. The molecule has 1 aromatic rings. The molecule has 1 fully saturated rings. The van der Waals surface area contributed by atoms with Gasteiger partial charge in [-0.3, -0.25) is 4.79 Å². The van der Waals surface area contributed by atoms with Crippen LogP contribution in [0.2, 0.25) is 0 Å². The number of benzene rings is 1. The lowest BCUT2D eigenvalue weighted by Gasteiger charge is -2.28. The second-order valence-corrected chi connectivity index (χ2v) is 8.32. The summed E-state index contributed by atoms with van der Waals surface area (Å²) in [5.41, 5.74) is 6.46. The number of carbonyl (C=O) groups is 1. The Morgan fingerprint density at radius 2 is 2.00 bits per heavy atom. The molecule has 1 unspecified atom stereocenters. The number of fused-ring (bicyclic) bond motifs is 1. The standard InChI is InChI=1S/C16H22N2O3S/c17-10-11-4-3-6-12(11)16(19)18-14-8-9-22(20,21)15-7-2-1-5-13(14)15/h1-2,5,7,11-12,14H,3-4,6,8-10,17H2,(H,18,19)/t11-,12-,14?/m1/s1. The number of rotatable bonds is 3. The Morgan fingerprint density at radius 1 is 1.23 bits per heavy atom. The van der Waals surface area contributed by atoms with Crippen molar-refractivity contribution in [2.45, 2.75) is 36.6 Å². The van der Waals surface area contributed by atoms with Crippen LogP contribution in [0.5, 0.6) is 0 Å². The van der Waals surface area contributed by atoms with E-state index < -0.39 is 9.84 Å². The van der Waals surface area contributed by atoms with Gasteiger partial charge in [0.15, 0.2) is 9.84 Å². The first-order valence-electron chi connectivity index (χ1n) is 7.85. The molecule has 3 N–H and O–H groups in total. The Labute approximate surface area is 131 Å². The maximum Gasteiger partial charge on any atom is 0.223 e. The minimum Gasteiger partial charge on any atom is -0.349 e. The second-order valence-electron chi connectivity index (χ2n) is 6.24. The number of amides is 1. The highest BCUT2D eigenvalue weighted by Gasteiger charge is 2.35. The van der Waals surface area contributed by atoms with Crippen molar-refractivity contribution >= 4 is 15.7 Å². The molecular weight excluding hydrogens is 300 g/mol. The van der Waals surface area contributed by atoms with E-state index in [1.807, 2.05) is 6.07 Å². The largest absolute Gasteiger partial charge is 0.349 e. The van der Waals surface area contributed by atoms with Gasteiger partial charge in [-0.25, -0.2) is 8.42 Å². The van der Waals surface area contributed by atoms with Crippen LogP contribution in [0.1, 0.15) is 37.3 Å². The van der Waals surface area contributed by atoms with Gasteiger partial charge >= 0.3 is 0 Å². The number of sulfone groups is 1. The smallest absolute Gasteiger partial charge is 0.223 e. The SMILES string of the molecule is NC[C@H]1CCC[C@H]1C(=O)NC1CCS(=O)(=O)c2ccccc21. The molecular formula is C16H22N2O3S. The summed E-state index contributed by atoms with van der Waals surface area (Å²) < 4.78 is 24.3. The third-order valence-corrected chi connectivity index (χ3v) is 6.73. The predicted octanol–water partition coefficient (Wildman–Crippen LogP) is 1.40. The molecule has 1 aliphatic carbocycles. The second kappa shape index (κ2) is 6.01. The van der Waals surface area contributed by atoms with Crippen LogP contribution in [0.4, 0.5) is 0 Å². The summed E-state index contributed by atoms with van der Waals surface area (Å²) in [6.07, 6.45) is 3.35. The van der Waals surface area contributed by atoms with Crippen LogP contribution < -0.4 is 11.1 Å². The minimum absolute atomic E-state index is 0.0204. The van der Waals surface area contributed by atoms with Crippen LogP contribution in [-0.2, 0) is 14.6 Å². The van der Waals surface area contributed by atoms with Gasteiger partial charge < -0.3 is 11.1 Å². The molecule has 0 bridgehead atoms. The van der Waals surface area contributed by atoms with E-state index in [2.05, 4.69) is 5.32 Å². The molecule has 2 aliphatic rings. The molecule has 6 heteroatoms. The topological polar surface area (TPSA) is 89.3 Å². The number of nitrogens with one attached hydrogen (secondary N) is 1. The van der Waals surface area contributed by atoms with Crippen molar-refractivity contribution in [2.75, 3.05) is 12.3 Å².